The summed E-state index contributed by atoms with van der Waals surface area (Å²) in [5.74, 6) is -0.359. The lowest BCUT2D eigenvalue weighted by Gasteiger charge is -2.22. The molecule has 24 heavy (non-hydrogen) atoms. The SMILES string of the molecule is CN=C(NCCc1cc(F)cc(F)c1)N(C)Cc1ccccc1.I. The van der Waals surface area contributed by atoms with Gasteiger partial charge in [-0.3, -0.25) is 4.99 Å². The molecular weight excluding hydrogens is 423 g/mol. The Hall–Kier alpha value is -1.70. The molecule has 0 fully saturated rings. The highest BCUT2D eigenvalue weighted by atomic mass is 127. The number of nitrogens with zero attached hydrogens (tertiary/aromatic N) is 2. The molecule has 0 spiro atoms. The number of nitrogens with one attached hydrogen (secondary N) is 1. The topological polar surface area (TPSA) is 27.6 Å². The van der Waals surface area contributed by atoms with Crippen molar-refractivity contribution >= 4 is 29.9 Å². The minimum absolute atomic E-state index is 0. The van der Waals surface area contributed by atoms with E-state index >= 15 is 0 Å². The summed E-state index contributed by atoms with van der Waals surface area (Å²) < 4.78 is 26.3. The first-order chi connectivity index (χ1) is 11.1. The fourth-order valence-corrected chi connectivity index (χ4v) is 2.39. The Bertz CT molecular complexity index is 642. The molecule has 0 aliphatic carbocycles. The highest BCUT2D eigenvalue weighted by Crippen LogP contribution is 2.08. The molecule has 0 amide bonds. The van der Waals surface area contributed by atoms with E-state index in [1.807, 2.05) is 30.1 Å². The van der Waals surface area contributed by atoms with Gasteiger partial charge in [0, 0.05) is 33.3 Å². The molecule has 130 valence electrons. The van der Waals surface area contributed by atoms with Gasteiger partial charge in [-0.15, -0.1) is 24.0 Å². The normalized spacial score (nSPS) is 10.9. The number of aliphatic imine (C=N–C) groups is 1. The Balaban J connectivity index is 0.00000288. The molecule has 0 unspecified atom stereocenters. The fourth-order valence-electron chi connectivity index (χ4n) is 2.39. The van der Waals surface area contributed by atoms with E-state index in [0.717, 1.165) is 18.6 Å². The minimum Gasteiger partial charge on any atom is -0.356 e. The van der Waals surface area contributed by atoms with Gasteiger partial charge in [0.15, 0.2) is 5.96 Å². The number of hydrogen-bond donors (Lipinski definition) is 1. The van der Waals surface area contributed by atoms with Gasteiger partial charge in [0.05, 0.1) is 0 Å². The maximum Gasteiger partial charge on any atom is 0.193 e. The van der Waals surface area contributed by atoms with E-state index in [0.29, 0.717) is 18.5 Å². The molecule has 0 aliphatic rings. The quantitative estimate of drug-likeness (QED) is 0.431. The van der Waals surface area contributed by atoms with E-state index in [1.54, 1.807) is 7.05 Å². The van der Waals surface area contributed by atoms with Gasteiger partial charge in [0.2, 0.25) is 0 Å². The largest absolute Gasteiger partial charge is 0.356 e. The number of guanidine groups is 1. The van der Waals surface area contributed by atoms with Crippen LogP contribution in [0.4, 0.5) is 8.78 Å². The van der Waals surface area contributed by atoms with Gasteiger partial charge < -0.3 is 10.2 Å². The van der Waals surface area contributed by atoms with Gasteiger partial charge in [-0.25, -0.2) is 8.78 Å². The molecule has 0 heterocycles. The standard InChI is InChI=1S/C18H21F2N3.HI/c1-21-18(23(2)13-14-6-4-3-5-7-14)22-9-8-15-10-16(19)12-17(20)11-15;/h3-7,10-12H,8-9,13H2,1-2H3,(H,21,22);1H. The van der Waals surface area contributed by atoms with Crippen molar-refractivity contribution < 1.29 is 8.78 Å². The van der Waals surface area contributed by atoms with Crippen molar-refractivity contribution in [3.05, 3.63) is 71.3 Å². The van der Waals surface area contributed by atoms with E-state index < -0.39 is 11.6 Å². The zero-order valence-corrected chi connectivity index (χ0v) is 16.1. The fraction of sp³-hybridized carbons (Fsp3) is 0.278. The molecule has 3 nitrogen and oxygen atoms in total. The maximum absolute atomic E-state index is 13.2. The first-order valence-electron chi connectivity index (χ1n) is 7.49. The lowest BCUT2D eigenvalue weighted by Crippen LogP contribution is -2.39. The summed E-state index contributed by atoms with van der Waals surface area (Å²) in [4.78, 5) is 6.24. The summed E-state index contributed by atoms with van der Waals surface area (Å²) in [6.07, 6.45) is 0.521. The van der Waals surface area contributed by atoms with Crippen molar-refractivity contribution in [3.63, 3.8) is 0 Å². The first kappa shape index (κ1) is 20.3. The molecule has 2 aromatic rings. The first-order valence-corrected chi connectivity index (χ1v) is 7.49. The van der Waals surface area contributed by atoms with Crippen molar-refractivity contribution in [1.82, 2.24) is 10.2 Å². The highest BCUT2D eigenvalue weighted by Gasteiger charge is 2.07. The molecule has 0 atom stereocenters. The van der Waals surface area contributed by atoms with E-state index in [4.69, 9.17) is 0 Å². The van der Waals surface area contributed by atoms with Gasteiger partial charge in [-0.05, 0) is 29.7 Å². The van der Waals surface area contributed by atoms with Crippen LogP contribution in [0, 0.1) is 11.6 Å². The molecule has 0 saturated heterocycles. The molecule has 6 heteroatoms. The van der Waals surface area contributed by atoms with E-state index in [9.17, 15) is 8.78 Å². The molecule has 0 saturated carbocycles. The molecule has 0 aliphatic heterocycles. The second-order valence-electron chi connectivity index (χ2n) is 5.34. The lowest BCUT2D eigenvalue weighted by molar-refractivity contribution is 0.477. The summed E-state index contributed by atoms with van der Waals surface area (Å²) in [6, 6.07) is 13.7. The van der Waals surface area contributed by atoms with Crippen molar-refractivity contribution in [2.75, 3.05) is 20.6 Å². The third-order valence-electron chi connectivity index (χ3n) is 3.46. The highest BCUT2D eigenvalue weighted by molar-refractivity contribution is 14.0. The Morgan fingerprint density at radius 3 is 2.25 bits per heavy atom. The summed E-state index contributed by atoms with van der Waals surface area (Å²) in [7, 11) is 3.66. The third kappa shape index (κ3) is 6.43. The molecular formula is C18H22F2IN3. The lowest BCUT2D eigenvalue weighted by atomic mass is 10.1. The molecule has 0 radical (unpaired) electrons. The van der Waals surface area contributed by atoms with Gasteiger partial charge in [-0.2, -0.15) is 0 Å². The van der Waals surface area contributed by atoms with Crippen LogP contribution in [0.1, 0.15) is 11.1 Å². The molecule has 0 bridgehead atoms. The van der Waals surface area contributed by atoms with Gasteiger partial charge >= 0.3 is 0 Å². The van der Waals surface area contributed by atoms with E-state index in [-0.39, 0.29) is 24.0 Å². The average molecular weight is 445 g/mol. The smallest absolute Gasteiger partial charge is 0.193 e. The zero-order chi connectivity index (χ0) is 16.7. The van der Waals surface area contributed by atoms with Crippen LogP contribution in [-0.2, 0) is 13.0 Å². The Morgan fingerprint density at radius 1 is 1.04 bits per heavy atom. The Labute approximate surface area is 158 Å². The van der Waals surface area contributed by atoms with Gasteiger partial charge in [0.25, 0.3) is 0 Å². The van der Waals surface area contributed by atoms with Crippen molar-refractivity contribution in [3.8, 4) is 0 Å². The molecule has 2 aromatic carbocycles. The van der Waals surface area contributed by atoms with Crippen LogP contribution in [0.2, 0.25) is 0 Å². The number of rotatable bonds is 5. The molecule has 1 N–H and O–H groups in total. The number of benzene rings is 2. The minimum atomic E-state index is -0.550. The van der Waals surface area contributed by atoms with Gasteiger partial charge in [-0.1, -0.05) is 30.3 Å². The predicted octanol–water partition coefficient (Wildman–Crippen LogP) is 3.83. The summed E-state index contributed by atoms with van der Waals surface area (Å²) in [5.41, 5.74) is 1.81. The summed E-state index contributed by atoms with van der Waals surface area (Å²) >= 11 is 0. The average Bonchev–Trinajstić information content (AvgIpc) is 2.51. The van der Waals surface area contributed by atoms with Gasteiger partial charge in [0.1, 0.15) is 11.6 Å². The van der Waals surface area contributed by atoms with Crippen LogP contribution in [0.15, 0.2) is 53.5 Å². The number of halogens is 3. The Kier molecular flexibility index (Phi) is 8.67. The summed E-state index contributed by atoms with van der Waals surface area (Å²) in [5, 5.41) is 3.21. The predicted molar refractivity (Wildman–Crippen MR) is 105 cm³/mol. The Morgan fingerprint density at radius 2 is 1.67 bits per heavy atom. The van der Waals surface area contributed by atoms with Crippen LogP contribution in [0.25, 0.3) is 0 Å². The third-order valence-corrected chi connectivity index (χ3v) is 3.46. The van der Waals surface area contributed by atoms with Crippen molar-refractivity contribution in [2.24, 2.45) is 4.99 Å². The summed E-state index contributed by atoms with van der Waals surface area (Å²) in [6.45, 7) is 1.28. The molecule has 0 aromatic heterocycles. The van der Waals surface area contributed by atoms with Crippen LogP contribution in [-0.4, -0.2) is 31.5 Å². The van der Waals surface area contributed by atoms with E-state index in [1.165, 1.54) is 17.7 Å². The van der Waals surface area contributed by atoms with Crippen LogP contribution < -0.4 is 5.32 Å². The van der Waals surface area contributed by atoms with Crippen molar-refractivity contribution in [1.29, 1.82) is 0 Å². The van der Waals surface area contributed by atoms with Crippen LogP contribution >= 0.6 is 24.0 Å². The zero-order valence-electron chi connectivity index (χ0n) is 13.8. The molecule has 2 rings (SSSR count). The van der Waals surface area contributed by atoms with Crippen molar-refractivity contribution in [2.45, 2.75) is 13.0 Å². The second-order valence-corrected chi connectivity index (χ2v) is 5.34. The maximum atomic E-state index is 13.2. The van der Waals surface area contributed by atoms with E-state index in [2.05, 4.69) is 22.4 Å². The number of hydrogen-bond acceptors (Lipinski definition) is 1. The van der Waals surface area contributed by atoms with Crippen LogP contribution in [0.3, 0.4) is 0 Å². The second kappa shape index (κ2) is 10.2. The monoisotopic (exact) mass is 445 g/mol. The van der Waals surface area contributed by atoms with Crippen LogP contribution in [0.5, 0.6) is 0 Å².